The zero-order valence-electron chi connectivity index (χ0n) is 11.8. The molecule has 0 saturated heterocycles. The number of aryl methyl sites for hydroxylation is 1. The molecular formula is C14H26N4O. The van der Waals surface area contributed by atoms with Crippen molar-refractivity contribution in [2.45, 2.75) is 77.4 Å². The van der Waals surface area contributed by atoms with Gasteiger partial charge in [-0.2, -0.15) is 0 Å². The van der Waals surface area contributed by atoms with Crippen molar-refractivity contribution in [2.24, 2.45) is 5.92 Å². The monoisotopic (exact) mass is 266 g/mol. The molecule has 1 fully saturated rings. The zero-order valence-corrected chi connectivity index (χ0v) is 11.8. The molecule has 0 aromatic carbocycles. The SMILES string of the molecule is OCc1nnnn1CCCCCCC1CCCCC1. The predicted octanol–water partition coefficient (Wildman–Crippen LogP) is 2.70. The van der Waals surface area contributed by atoms with Gasteiger partial charge in [0.25, 0.3) is 0 Å². The topological polar surface area (TPSA) is 63.8 Å². The summed E-state index contributed by atoms with van der Waals surface area (Å²) in [5, 5.41) is 20.2. The lowest BCUT2D eigenvalue weighted by atomic mass is 9.85. The molecule has 0 amide bonds. The second-order valence-electron chi connectivity index (χ2n) is 5.68. The lowest BCUT2D eigenvalue weighted by Gasteiger charge is -2.21. The summed E-state index contributed by atoms with van der Waals surface area (Å²) >= 11 is 0. The molecule has 1 N–H and O–H groups in total. The van der Waals surface area contributed by atoms with E-state index < -0.39 is 0 Å². The van der Waals surface area contributed by atoms with Gasteiger partial charge in [0.15, 0.2) is 5.82 Å². The molecule has 0 radical (unpaired) electrons. The van der Waals surface area contributed by atoms with Gasteiger partial charge in [0.1, 0.15) is 6.61 Å². The minimum absolute atomic E-state index is 0.0747. The van der Waals surface area contributed by atoms with E-state index in [2.05, 4.69) is 15.5 Å². The van der Waals surface area contributed by atoms with Crippen LogP contribution in [0, 0.1) is 5.92 Å². The van der Waals surface area contributed by atoms with Gasteiger partial charge in [-0.3, -0.25) is 0 Å². The van der Waals surface area contributed by atoms with E-state index in [1.165, 1.54) is 57.8 Å². The number of unbranched alkanes of at least 4 members (excludes halogenated alkanes) is 3. The molecule has 5 nitrogen and oxygen atoms in total. The van der Waals surface area contributed by atoms with E-state index in [1.54, 1.807) is 4.68 Å². The van der Waals surface area contributed by atoms with Crippen LogP contribution in [0.5, 0.6) is 0 Å². The second kappa shape index (κ2) is 8.25. The summed E-state index contributed by atoms with van der Waals surface area (Å²) in [5.74, 6) is 1.58. The molecule has 1 saturated carbocycles. The van der Waals surface area contributed by atoms with Crippen molar-refractivity contribution in [3.8, 4) is 0 Å². The van der Waals surface area contributed by atoms with Crippen molar-refractivity contribution in [1.29, 1.82) is 0 Å². The zero-order chi connectivity index (χ0) is 13.3. The third-order valence-corrected chi connectivity index (χ3v) is 4.20. The van der Waals surface area contributed by atoms with Crippen molar-refractivity contribution in [1.82, 2.24) is 20.2 Å². The molecule has 108 valence electrons. The molecular weight excluding hydrogens is 240 g/mol. The molecule has 0 aliphatic heterocycles. The number of tetrazole rings is 1. The van der Waals surface area contributed by atoms with Crippen molar-refractivity contribution >= 4 is 0 Å². The van der Waals surface area contributed by atoms with E-state index >= 15 is 0 Å². The minimum atomic E-state index is -0.0747. The first-order chi connectivity index (χ1) is 9.40. The standard InChI is InChI=1S/C14H26N4O/c19-12-14-15-16-17-18(14)11-7-2-1-4-8-13-9-5-3-6-10-13/h13,19H,1-12H2. The quantitative estimate of drug-likeness (QED) is 0.735. The maximum Gasteiger partial charge on any atom is 0.176 e. The second-order valence-corrected chi connectivity index (χ2v) is 5.68. The van der Waals surface area contributed by atoms with Crippen LogP contribution in [0.15, 0.2) is 0 Å². The van der Waals surface area contributed by atoms with Crippen LogP contribution >= 0.6 is 0 Å². The Bertz CT molecular complexity index is 347. The highest BCUT2D eigenvalue weighted by molar-refractivity contribution is 4.75. The number of rotatable bonds is 8. The molecule has 1 heterocycles. The number of nitrogens with zero attached hydrogens (tertiary/aromatic N) is 4. The molecule has 0 unspecified atom stereocenters. The highest BCUT2D eigenvalue weighted by Crippen LogP contribution is 2.27. The Hall–Kier alpha value is -0.970. The summed E-state index contributed by atoms with van der Waals surface area (Å²) in [6.45, 7) is 0.751. The van der Waals surface area contributed by atoms with Gasteiger partial charge in [0.2, 0.25) is 0 Å². The van der Waals surface area contributed by atoms with Crippen LogP contribution in [0.3, 0.4) is 0 Å². The van der Waals surface area contributed by atoms with Gasteiger partial charge in [-0.15, -0.1) is 5.10 Å². The Kier molecular flexibility index (Phi) is 6.27. The number of aromatic nitrogens is 4. The van der Waals surface area contributed by atoms with E-state index in [4.69, 9.17) is 5.11 Å². The first-order valence-electron chi connectivity index (χ1n) is 7.76. The number of aliphatic hydroxyl groups is 1. The molecule has 5 heteroatoms. The molecule has 1 aromatic heterocycles. The minimum Gasteiger partial charge on any atom is -0.388 e. The van der Waals surface area contributed by atoms with Crippen LogP contribution in [0.4, 0.5) is 0 Å². The van der Waals surface area contributed by atoms with E-state index in [-0.39, 0.29) is 6.61 Å². The average Bonchev–Trinajstić information content (AvgIpc) is 2.91. The molecule has 2 rings (SSSR count). The summed E-state index contributed by atoms with van der Waals surface area (Å²) in [7, 11) is 0. The highest BCUT2D eigenvalue weighted by atomic mass is 16.3. The number of aliphatic hydroxyl groups excluding tert-OH is 1. The average molecular weight is 266 g/mol. The smallest absolute Gasteiger partial charge is 0.176 e. The number of hydrogen-bond acceptors (Lipinski definition) is 4. The van der Waals surface area contributed by atoms with Gasteiger partial charge in [-0.25, -0.2) is 4.68 Å². The van der Waals surface area contributed by atoms with Gasteiger partial charge in [-0.05, 0) is 22.8 Å². The molecule has 0 spiro atoms. The Morgan fingerprint density at radius 1 is 1.05 bits per heavy atom. The third kappa shape index (κ3) is 4.90. The van der Waals surface area contributed by atoms with Crippen LogP contribution in [0.1, 0.15) is 70.0 Å². The molecule has 0 bridgehead atoms. The fraction of sp³-hybridized carbons (Fsp3) is 0.929. The first kappa shape index (κ1) is 14.4. The third-order valence-electron chi connectivity index (χ3n) is 4.20. The van der Waals surface area contributed by atoms with E-state index in [9.17, 15) is 0 Å². The van der Waals surface area contributed by atoms with Crippen LogP contribution in [-0.2, 0) is 13.2 Å². The fourth-order valence-corrected chi connectivity index (χ4v) is 3.03. The Morgan fingerprint density at radius 3 is 2.63 bits per heavy atom. The van der Waals surface area contributed by atoms with Crippen molar-refractivity contribution in [3.05, 3.63) is 5.82 Å². The van der Waals surface area contributed by atoms with Crippen LogP contribution < -0.4 is 0 Å². The number of hydrogen-bond donors (Lipinski definition) is 1. The maximum absolute atomic E-state index is 9.03. The molecule has 0 atom stereocenters. The van der Waals surface area contributed by atoms with Gasteiger partial charge in [-0.1, -0.05) is 57.8 Å². The Labute approximate surface area is 115 Å². The van der Waals surface area contributed by atoms with E-state index in [0.717, 1.165) is 18.9 Å². The lowest BCUT2D eigenvalue weighted by Crippen LogP contribution is -2.07. The summed E-state index contributed by atoms with van der Waals surface area (Å²) in [5.41, 5.74) is 0. The molecule has 1 aliphatic carbocycles. The van der Waals surface area contributed by atoms with Gasteiger partial charge >= 0.3 is 0 Å². The Morgan fingerprint density at radius 2 is 1.84 bits per heavy atom. The van der Waals surface area contributed by atoms with Gasteiger partial charge in [0, 0.05) is 6.54 Å². The predicted molar refractivity (Wildman–Crippen MR) is 73.4 cm³/mol. The van der Waals surface area contributed by atoms with Crippen LogP contribution in [-0.4, -0.2) is 25.3 Å². The summed E-state index contributed by atoms with van der Waals surface area (Å²) in [6.07, 6.45) is 13.7. The Balaban J connectivity index is 1.50. The van der Waals surface area contributed by atoms with Crippen molar-refractivity contribution in [2.75, 3.05) is 0 Å². The fourth-order valence-electron chi connectivity index (χ4n) is 3.03. The van der Waals surface area contributed by atoms with Crippen molar-refractivity contribution < 1.29 is 5.11 Å². The van der Waals surface area contributed by atoms with Crippen LogP contribution in [0.25, 0.3) is 0 Å². The molecule has 1 aromatic rings. The normalized spacial score (nSPS) is 16.9. The van der Waals surface area contributed by atoms with E-state index in [1.807, 2.05) is 0 Å². The van der Waals surface area contributed by atoms with Gasteiger partial charge in [0.05, 0.1) is 0 Å². The summed E-state index contributed by atoms with van der Waals surface area (Å²) in [6, 6.07) is 0. The van der Waals surface area contributed by atoms with E-state index in [0.29, 0.717) is 5.82 Å². The van der Waals surface area contributed by atoms with Crippen molar-refractivity contribution in [3.63, 3.8) is 0 Å². The maximum atomic E-state index is 9.03. The highest BCUT2D eigenvalue weighted by Gasteiger charge is 2.12. The van der Waals surface area contributed by atoms with Gasteiger partial charge < -0.3 is 5.11 Å². The summed E-state index contributed by atoms with van der Waals surface area (Å²) in [4.78, 5) is 0. The molecule has 19 heavy (non-hydrogen) atoms. The summed E-state index contributed by atoms with van der Waals surface area (Å²) < 4.78 is 1.71. The largest absolute Gasteiger partial charge is 0.388 e. The van der Waals surface area contributed by atoms with Crippen LogP contribution in [0.2, 0.25) is 0 Å². The lowest BCUT2D eigenvalue weighted by molar-refractivity contribution is 0.261. The molecule has 1 aliphatic rings. The first-order valence-corrected chi connectivity index (χ1v) is 7.76.